The van der Waals surface area contributed by atoms with E-state index < -0.39 is 58.4 Å². The van der Waals surface area contributed by atoms with Crippen LogP contribution in [0.2, 0.25) is 0 Å². The Labute approximate surface area is 670 Å². The Hall–Kier alpha value is -13.1. The van der Waals surface area contributed by atoms with E-state index in [1.165, 1.54) is 78.9 Å². The number of carboxylic acid groups (broad SMARTS) is 1. The lowest BCUT2D eigenvalue weighted by Crippen LogP contribution is -2.36. The van der Waals surface area contributed by atoms with Crippen molar-refractivity contribution in [3.05, 3.63) is 271 Å². The van der Waals surface area contributed by atoms with Gasteiger partial charge in [0, 0.05) is 88.2 Å². The number of rotatable bonds is 19. The van der Waals surface area contributed by atoms with E-state index in [1.54, 1.807) is 63.5 Å². The molecule has 0 spiro atoms. The zero-order valence-electron chi connectivity index (χ0n) is 62.0. The van der Waals surface area contributed by atoms with E-state index >= 15 is 0 Å². The Morgan fingerprint density at radius 1 is 0.461 bits per heavy atom. The molecule has 0 aliphatic heterocycles. The molecule has 37 heteroatoms. The van der Waals surface area contributed by atoms with Crippen molar-refractivity contribution in [2.24, 2.45) is 11.6 Å². The second-order valence-corrected chi connectivity index (χ2v) is 26.2. The van der Waals surface area contributed by atoms with Gasteiger partial charge in [0.05, 0.1) is 37.8 Å². The van der Waals surface area contributed by atoms with Crippen LogP contribution in [0, 0.1) is 56.8 Å². The van der Waals surface area contributed by atoms with E-state index in [0.29, 0.717) is 44.8 Å². The number of aromatic carboxylic acids is 1. The van der Waals surface area contributed by atoms with Crippen LogP contribution in [-0.2, 0) is 46.5 Å². The maximum absolute atomic E-state index is 13.4. The summed E-state index contributed by atoms with van der Waals surface area (Å²) in [6.45, 7) is 13.8. The minimum Gasteiger partial charge on any atom is -0.476 e. The maximum atomic E-state index is 13.4. The summed E-state index contributed by atoms with van der Waals surface area (Å²) in [5.41, 5.74) is 19.6. The number of ketones is 1. The fourth-order valence-electron chi connectivity index (χ4n) is 9.15. The van der Waals surface area contributed by atoms with Crippen molar-refractivity contribution in [2.45, 2.75) is 61.6 Å². The van der Waals surface area contributed by atoms with Crippen LogP contribution in [0.4, 0.5) is 22.0 Å². The number of Topliss-reactive ketones (excluding diaryl/α,β-unsaturated/α-hetero) is 1. The molecule has 0 fully saturated rings. The second-order valence-electron chi connectivity index (χ2n) is 22.9. The van der Waals surface area contributed by atoms with Crippen molar-refractivity contribution in [3.63, 3.8) is 0 Å². The zero-order valence-corrected chi connectivity index (χ0v) is 65.2. The number of carboxylic acids is 1. The molecule has 0 unspecified atom stereocenters. The molecule has 596 valence electrons. The van der Waals surface area contributed by atoms with Gasteiger partial charge in [0.15, 0.2) is 5.78 Å². The standard InChI is InChI=1S/C22H18FN5OS.C13H15N3.C12H12FNO4.C11H9FN2O2S.C9H5FN2O2S.C7H7FN2O.C4H5ClO3/c1-13-8-15(11-25-19(13)16-6-7-24-14(2)9-16)12-26-20(29)22-28-27-21(30-22)17-4-3-5-18(23)10-17;1-9-5-11(7-14)8-16-13(9)12-3-4-15-10(2)6-12;1-2-18-12(17)11(16)14-7-10(15)8-4-3-5-9(13)6-8;1-2-16-11(15)10-14-13-9(17-10)7-4-3-5-8(12)6-7;10-6-3-1-2-5(4-6)7-11-12-8(15-7)9(13)14;8-6-3-1-2-5(4-6)7(11)10-9;1-2-8-4(7)3(5)6/h3-11H,12H2,1-2H3,(H,26,29);3-6,8H,7,14H2,1-2H3;3-6H,2,7H2,1H3,(H,14,16);3-6H,2H2,1H3;1-4H,(H,13,14);1-4H,9H2,(H,10,11);2H2,1H3. The lowest BCUT2D eigenvalue weighted by Gasteiger charge is -2.09. The summed E-state index contributed by atoms with van der Waals surface area (Å²) in [5, 5.41) is 36.8. The van der Waals surface area contributed by atoms with E-state index in [2.05, 4.69) is 83.6 Å². The summed E-state index contributed by atoms with van der Waals surface area (Å²) in [4.78, 5) is 116. The first-order chi connectivity index (χ1) is 55.0. The minimum atomic E-state index is -1.13. The first-order valence-electron chi connectivity index (χ1n) is 33.8. The summed E-state index contributed by atoms with van der Waals surface area (Å²) in [7, 11) is 0. The molecule has 0 aliphatic rings. The van der Waals surface area contributed by atoms with Gasteiger partial charge in [-0.15, -0.1) is 30.6 Å². The molecule has 0 bridgehead atoms. The van der Waals surface area contributed by atoms with Crippen LogP contribution in [0.25, 0.3) is 54.2 Å². The highest BCUT2D eigenvalue weighted by Gasteiger charge is 2.20. The molecule has 28 nitrogen and oxygen atoms in total. The Balaban J connectivity index is 0.000000216. The maximum Gasteiger partial charge on any atom is 0.396 e. The van der Waals surface area contributed by atoms with E-state index in [9.17, 15) is 65.1 Å². The summed E-state index contributed by atoms with van der Waals surface area (Å²) in [6, 6.07) is 40.2. The average molecular weight is 1650 g/mol. The first-order valence-corrected chi connectivity index (χ1v) is 36.7. The predicted molar refractivity (Wildman–Crippen MR) is 418 cm³/mol. The molecule has 5 aromatic carbocycles. The lowest BCUT2D eigenvalue weighted by atomic mass is 10.1. The summed E-state index contributed by atoms with van der Waals surface area (Å²) in [6.07, 6.45) is 7.15. The van der Waals surface area contributed by atoms with Crippen LogP contribution in [-0.4, -0.2) is 135 Å². The van der Waals surface area contributed by atoms with Gasteiger partial charge in [-0.2, -0.15) is 0 Å². The van der Waals surface area contributed by atoms with Crippen molar-refractivity contribution in [3.8, 4) is 54.2 Å². The van der Waals surface area contributed by atoms with Crippen LogP contribution in [0.15, 0.2) is 183 Å². The third-order valence-corrected chi connectivity index (χ3v) is 17.3. The van der Waals surface area contributed by atoms with Gasteiger partial charge in [-0.05, 0) is 173 Å². The van der Waals surface area contributed by atoms with Crippen LogP contribution < -0.4 is 27.6 Å². The van der Waals surface area contributed by atoms with Crippen molar-refractivity contribution in [1.82, 2.24) is 66.6 Å². The van der Waals surface area contributed by atoms with E-state index in [1.807, 2.05) is 68.9 Å². The Kier molecular flexibility index (Phi) is 36.8. The van der Waals surface area contributed by atoms with Crippen molar-refractivity contribution < 1.29 is 84.4 Å². The Bertz CT molecular complexity index is 5370. The van der Waals surface area contributed by atoms with Crippen molar-refractivity contribution in [2.75, 3.05) is 26.4 Å². The van der Waals surface area contributed by atoms with Gasteiger partial charge < -0.3 is 35.7 Å². The molecule has 0 aliphatic carbocycles. The zero-order chi connectivity index (χ0) is 84.1. The minimum absolute atomic E-state index is 0.0735. The van der Waals surface area contributed by atoms with Crippen molar-refractivity contribution >= 4 is 98.2 Å². The molecule has 0 atom stereocenters. The highest BCUT2D eigenvalue weighted by atomic mass is 35.5. The number of aromatic nitrogens is 10. The average Bonchev–Trinajstić information content (AvgIpc) is 1.78. The number of halogens is 6. The molecule has 115 heavy (non-hydrogen) atoms. The van der Waals surface area contributed by atoms with Gasteiger partial charge in [-0.1, -0.05) is 101 Å². The highest BCUT2D eigenvalue weighted by Crippen LogP contribution is 2.28. The molecule has 3 amide bonds. The number of esters is 3. The first kappa shape index (κ1) is 90.8. The fourth-order valence-corrected chi connectivity index (χ4v) is 11.4. The number of benzene rings is 5. The van der Waals surface area contributed by atoms with Crippen molar-refractivity contribution in [1.29, 1.82) is 0 Å². The summed E-state index contributed by atoms with van der Waals surface area (Å²) in [5.74, 6) is -3.26. The topological polar surface area (TPSA) is 419 Å². The third-order valence-electron chi connectivity index (χ3n) is 14.3. The molecule has 12 aromatic rings. The number of carbonyl (C=O) groups is 9. The number of nitrogens with zero attached hydrogens (tertiary/aromatic N) is 10. The molecule has 8 N–H and O–H groups in total. The van der Waals surface area contributed by atoms with E-state index in [0.717, 1.165) is 102 Å². The summed E-state index contributed by atoms with van der Waals surface area (Å²) >= 11 is 7.81. The Morgan fingerprint density at radius 2 is 0.878 bits per heavy atom. The van der Waals surface area contributed by atoms with Crippen LogP contribution in [0.5, 0.6) is 0 Å². The Morgan fingerprint density at radius 3 is 1.30 bits per heavy atom. The predicted octanol–water partition coefficient (Wildman–Crippen LogP) is 12.6. The van der Waals surface area contributed by atoms with Gasteiger partial charge in [-0.3, -0.25) is 49.3 Å². The van der Waals surface area contributed by atoms with Crippen LogP contribution in [0.1, 0.15) is 105 Å². The molecule has 0 saturated heterocycles. The third kappa shape index (κ3) is 30.1. The van der Waals surface area contributed by atoms with Crippen LogP contribution >= 0.6 is 45.6 Å². The number of hydrazine groups is 1. The lowest BCUT2D eigenvalue weighted by molar-refractivity contribution is -0.154. The highest BCUT2D eigenvalue weighted by molar-refractivity contribution is 7.17. The normalized spacial score (nSPS) is 10.1. The second kappa shape index (κ2) is 46.6. The van der Waals surface area contributed by atoms with Gasteiger partial charge in [0.1, 0.15) is 44.1 Å². The molecule has 0 radical (unpaired) electrons. The van der Waals surface area contributed by atoms with E-state index in [4.69, 9.17) is 33.0 Å². The molecular formula is C78H71ClF5N15O13S3. The molecule has 0 saturated carbocycles. The van der Waals surface area contributed by atoms with Crippen LogP contribution in [0.3, 0.4) is 0 Å². The monoisotopic (exact) mass is 1650 g/mol. The quantitative estimate of drug-likeness (QED) is 0.00504. The number of nitrogens with two attached hydrogens (primary N) is 2. The number of aryl methyl sites for hydroxylation is 4. The van der Waals surface area contributed by atoms with Gasteiger partial charge in [-0.25, -0.2) is 47.0 Å². The number of ether oxygens (including phenoxy) is 3. The largest absolute Gasteiger partial charge is 0.476 e. The van der Waals surface area contributed by atoms with Gasteiger partial charge in [0.25, 0.3) is 11.8 Å². The fraction of sp³-hybridized carbons (Fsp3) is 0.167. The molecule has 7 heterocycles. The molecule has 7 aromatic heterocycles. The molecule has 12 rings (SSSR count). The smallest absolute Gasteiger partial charge is 0.396 e. The number of amides is 3. The molecular weight excluding hydrogens is 1580 g/mol. The van der Waals surface area contributed by atoms with Gasteiger partial charge >= 0.3 is 35.0 Å². The number of nitrogen functional groups attached to an aromatic ring is 1. The number of nitrogens with one attached hydrogen (secondary N) is 3. The number of pyridine rings is 4. The SMILES string of the molecule is CCOC(=O)C(=O)Cl.CCOC(=O)C(=O)NCC(=O)c1cccc(F)c1.CCOC(=O)c1nnc(-c2cccc(F)c2)s1.Cc1cc(-c2ncc(CN)cc2C)ccn1.Cc1cc(-c2ncc(CNC(=O)c3nnc(-c4cccc(F)c4)s3)cc2C)ccn1.NNC(=O)c1cccc(F)c1.O=C(O)c1nnc(-c2cccc(F)c2)s1. The van der Waals surface area contributed by atoms with Gasteiger partial charge in [0.2, 0.25) is 15.0 Å². The van der Waals surface area contributed by atoms with E-state index in [-0.39, 0.29) is 75.9 Å². The number of carbonyl (C=O) groups excluding carboxylic acids is 8. The summed E-state index contributed by atoms with van der Waals surface area (Å²) < 4.78 is 77.9. The number of hydrogen-bond acceptors (Lipinski definition) is 27. The number of hydrogen-bond donors (Lipinski definition) is 6.